The van der Waals surface area contributed by atoms with E-state index >= 15 is 0 Å². The van der Waals surface area contributed by atoms with Gasteiger partial charge in [0.25, 0.3) is 0 Å². The lowest BCUT2D eigenvalue weighted by atomic mass is 10.1. The Morgan fingerprint density at radius 3 is 2.44 bits per heavy atom. The van der Waals surface area contributed by atoms with Gasteiger partial charge in [-0.15, -0.1) is 0 Å². The van der Waals surface area contributed by atoms with Crippen LogP contribution < -0.4 is 5.73 Å². The van der Waals surface area contributed by atoms with Crippen LogP contribution in [-0.2, 0) is 16.4 Å². The van der Waals surface area contributed by atoms with Crippen LogP contribution in [0.15, 0.2) is 0 Å². The largest absolute Gasteiger partial charge is 0.383 e. The fraction of sp³-hybridized carbons (Fsp3) is 0.667. The van der Waals surface area contributed by atoms with Crippen molar-refractivity contribution in [1.82, 2.24) is 9.78 Å². The second-order valence-electron chi connectivity index (χ2n) is 4.09. The van der Waals surface area contributed by atoms with Crippen LogP contribution in [0, 0.1) is 0 Å². The summed E-state index contributed by atoms with van der Waals surface area (Å²) in [6.45, 7) is 4.14. The second kappa shape index (κ2) is 4.63. The van der Waals surface area contributed by atoms with Gasteiger partial charge in [0.1, 0.15) is 20.7 Å². The maximum absolute atomic E-state index is 11.0. The van der Waals surface area contributed by atoms with Crippen LogP contribution in [0.25, 0.3) is 0 Å². The van der Waals surface area contributed by atoms with Crippen LogP contribution >= 0.6 is 11.6 Å². The fourth-order valence-corrected chi connectivity index (χ4v) is 2.12. The Balaban J connectivity index is 2.94. The van der Waals surface area contributed by atoms with Gasteiger partial charge < -0.3 is 5.73 Å². The van der Waals surface area contributed by atoms with E-state index in [0.29, 0.717) is 16.5 Å². The first-order chi connectivity index (χ1) is 7.22. The maximum Gasteiger partial charge on any atom is 0.149 e. The van der Waals surface area contributed by atoms with Crippen molar-refractivity contribution in [3.8, 4) is 0 Å². The molecule has 92 valence electrons. The van der Waals surface area contributed by atoms with Gasteiger partial charge in [-0.1, -0.05) is 25.4 Å². The second-order valence-corrected chi connectivity index (χ2v) is 6.73. The zero-order valence-corrected chi connectivity index (χ0v) is 11.1. The molecule has 0 radical (unpaired) electrons. The quantitative estimate of drug-likeness (QED) is 0.890. The molecule has 5 nitrogen and oxygen atoms in total. The van der Waals surface area contributed by atoms with Crippen LogP contribution in [0.3, 0.4) is 0 Å². The Morgan fingerprint density at radius 1 is 1.50 bits per heavy atom. The molecule has 2 N–H and O–H groups in total. The molecule has 0 aliphatic heterocycles. The molecule has 1 aromatic heterocycles. The molecule has 0 aliphatic carbocycles. The van der Waals surface area contributed by atoms with Crippen molar-refractivity contribution in [2.24, 2.45) is 0 Å². The van der Waals surface area contributed by atoms with E-state index in [4.69, 9.17) is 17.3 Å². The third kappa shape index (κ3) is 3.12. The lowest BCUT2D eigenvalue weighted by Gasteiger charge is -2.02. The third-order valence-electron chi connectivity index (χ3n) is 2.18. The van der Waals surface area contributed by atoms with Crippen LogP contribution in [0.2, 0.25) is 5.02 Å². The van der Waals surface area contributed by atoms with Gasteiger partial charge in [-0.25, -0.2) is 13.1 Å². The number of nitrogens with zero attached hydrogens (tertiary/aromatic N) is 2. The minimum atomic E-state index is -3.02. The normalized spacial score (nSPS) is 12.3. The molecule has 7 heteroatoms. The number of anilines is 1. The molecule has 0 atom stereocenters. The zero-order valence-electron chi connectivity index (χ0n) is 9.57. The molecule has 0 aliphatic rings. The SMILES string of the molecule is CC(C)c1nn(CCS(C)(=O)=O)c(N)c1Cl. The molecule has 0 unspecified atom stereocenters. The lowest BCUT2D eigenvalue weighted by Crippen LogP contribution is -2.14. The van der Waals surface area contributed by atoms with E-state index in [0.717, 1.165) is 0 Å². The van der Waals surface area contributed by atoms with Crippen molar-refractivity contribution >= 4 is 27.3 Å². The number of sulfone groups is 1. The molecule has 0 saturated heterocycles. The number of rotatable bonds is 4. The summed E-state index contributed by atoms with van der Waals surface area (Å²) in [6.07, 6.45) is 1.18. The van der Waals surface area contributed by atoms with E-state index < -0.39 is 9.84 Å². The van der Waals surface area contributed by atoms with Gasteiger partial charge in [0.2, 0.25) is 0 Å². The summed E-state index contributed by atoms with van der Waals surface area (Å²) in [4.78, 5) is 0. The van der Waals surface area contributed by atoms with E-state index in [1.54, 1.807) is 0 Å². The fourth-order valence-electron chi connectivity index (χ4n) is 1.26. The van der Waals surface area contributed by atoms with Gasteiger partial charge >= 0.3 is 0 Å². The van der Waals surface area contributed by atoms with Crippen molar-refractivity contribution in [2.75, 3.05) is 17.7 Å². The van der Waals surface area contributed by atoms with E-state index in [-0.39, 0.29) is 18.2 Å². The summed E-state index contributed by atoms with van der Waals surface area (Å²) in [5, 5.41) is 4.63. The molecule has 0 spiro atoms. The molecular formula is C9H16ClN3O2S. The summed E-state index contributed by atoms with van der Waals surface area (Å²) >= 11 is 6.00. The monoisotopic (exact) mass is 265 g/mol. The molecule has 0 saturated carbocycles. The molecule has 16 heavy (non-hydrogen) atoms. The minimum Gasteiger partial charge on any atom is -0.383 e. The van der Waals surface area contributed by atoms with Crippen LogP contribution in [-0.4, -0.2) is 30.2 Å². The summed E-state index contributed by atoms with van der Waals surface area (Å²) in [7, 11) is -3.02. The molecule has 1 heterocycles. The summed E-state index contributed by atoms with van der Waals surface area (Å²) < 4.78 is 23.5. The van der Waals surface area contributed by atoms with E-state index in [1.165, 1.54) is 10.9 Å². The Bertz CT molecular complexity index is 479. The van der Waals surface area contributed by atoms with Gasteiger partial charge in [0.15, 0.2) is 0 Å². The van der Waals surface area contributed by atoms with Crippen molar-refractivity contribution < 1.29 is 8.42 Å². The Hall–Kier alpha value is -0.750. The molecule has 0 fully saturated rings. The summed E-state index contributed by atoms with van der Waals surface area (Å²) in [5.41, 5.74) is 6.45. The highest BCUT2D eigenvalue weighted by molar-refractivity contribution is 7.90. The molecular weight excluding hydrogens is 250 g/mol. The van der Waals surface area contributed by atoms with Crippen LogP contribution in [0.5, 0.6) is 0 Å². The Morgan fingerprint density at radius 2 is 2.06 bits per heavy atom. The number of nitrogen functional groups attached to an aromatic ring is 1. The van der Waals surface area contributed by atoms with E-state index in [2.05, 4.69) is 5.10 Å². The molecule has 1 aromatic rings. The van der Waals surface area contributed by atoms with Crippen LogP contribution in [0.4, 0.5) is 5.82 Å². The third-order valence-corrected chi connectivity index (χ3v) is 3.49. The minimum absolute atomic E-state index is 0.00669. The van der Waals surface area contributed by atoms with Crippen LogP contribution in [0.1, 0.15) is 25.5 Å². The lowest BCUT2D eigenvalue weighted by molar-refractivity contribution is 0.584. The smallest absolute Gasteiger partial charge is 0.149 e. The first kappa shape index (κ1) is 13.3. The standard InChI is InChI=1S/C9H16ClN3O2S/c1-6(2)8-7(10)9(11)13(12-8)4-5-16(3,14)15/h6H,4-5,11H2,1-3H3. The number of hydrogen-bond acceptors (Lipinski definition) is 4. The van der Waals surface area contributed by atoms with Crippen molar-refractivity contribution in [3.63, 3.8) is 0 Å². The Labute approximate surface area is 100 Å². The van der Waals surface area contributed by atoms with E-state index in [1.807, 2.05) is 13.8 Å². The number of hydrogen-bond donors (Lipinski definition) is 1. The zero-order chi connectivity index (χ0) is 12.5. The summed E-state index contributed by atoms with van der Waals surface area (Å²) in [5.74, 6) is 0.496. The van der Waals surface area contributed by atoms with Crippen molar-refractivity contribution in [3.05, 3.63) is 10.7 Å². The van der Waals surface area contributed by atoms with Gasteiger partial charge in [-0.3, -0.25) is 0 Å². The molecule has 0 aromatic carbocycles. The predicted molar refractivity (Wildman–Crippen MR) is 65.4 cm³/mol. The number of aryl methyl sites for hydroxylation is 1. The van der Waals surface area contributed by atoms with Crippen molar-refractivity contribution in [1.29, 1.82) is 0 Å². The van der Waals surface area contributed by atoms with Crippen molar-refractivity contribution in [2.45, 2.75) is 26.3 Å². The number of aromatic nitrogens is 2. The maximum atomic E-state index is 11.0. The first-order valence-corrected chi connectivity index (χ1v) is 7.35. The highest BCUT2D eigenvalue weighted by Gasteiger charge is 2.16. The topological polar surface area (TPSA) is 78.0 Å². The Kier molecular flexibility index (Phi) is 3.85. The number of nitrogens with two attached hydrogens (primary N) is 1. The highest BCUT2D eigenvalue weighted by atomic mass is 35.5. The van der Waals surface area contributed by atoms with Gasteiger partial charge in [0, 0.05) is 6.26 Å². The predicted octanol–water partition coefficient (Wildman–Crippen LogP) is 1.29. The molecule has 0 amide bonds. The average Bonchev–Trinajstić information content (AvgIpc) is 2.40. The number of halogens is 1. The van der Waals surface area contributed by atoms with Gasteiger partial charge in [0.05, 0.1) is 18.0 Å². The first-order valence-electron chi connectivity index (χ1n) is 4.91. The van der Waals surface area contributed by atoms with E-state index in [9.17, 15) is 8.42 Å². The molecule has 0 bridgehead atoms. The summed E-state index contributed by atoms with van der Waals surface area (Å²) in [6, 6.07) is 0. The van der Waals surface area contributed by atoms with Gasteiger partial charge in [-0.2, -0.15) is 5.10 Å². The van der Waals surface area contributed by atoms with Gasteiger partial charge in [-0.05, 0) is 5.92 Å². The highest BCUT2D eigenvalue weighted by Crippen LogP contribution is 2.28. The average molecular weight is 266 g/mol. The molecule has 1 rings (SSSR count).